The third-order valence-electron chi connectivity index (χ3n) is 7.23. The highest BCUT2D eigenvalue weighted by molar-refractivity contribution is 5.83. The molecule has 0 saturated heterocycles. The second kappa shape index (κ2) is 8.31. The third kappa shape index (κ3) is 5.79. The van der Waals surface area contributed by atoms with Crippen molar-refractivity contribution in [1.82, 2.24) is 0 Å². The molecule has 0 aromatic rings. The van der Waals surface area contributed by atoms with Crippen molar-refractivity contribution in [3.63, 3.8) is 0 Å². The van der Waals surface area contributed by atoms with Crippen LogP contribution < -0.4 is 0 Å². The molecule has 0 bridgehead atoms. The summed E-state index contributed by atoms with van der Waals surface area (Å²) >= 11 is 0. The van der Waals surface area contributed by atoms with Crippen molar-refractivity contribution < 1.29 is 15.0 Å². The van der Waals surface area contributed by atoms with E-state index in [4.69, 9.17) is 0 Å². The van der Waals surface area contributed by atoms with E-state index in [2.05, 4.69) is 6.92 Å². The molecule has 2 fully saturated rings. The Balaban J connectivity index is 2.05. The molecule has 2 rings (SSSR count). The lowest BCUT2D eigenvalue weighted by Gasteiger charge is -2.43. The van der Waals surface area contributed by atoms with Gasteiger partial charge in [0.25, 0.3) is 0 Å². The Labute approximate surface area is 161 Å². The van der Waals surface area contributed by atoms with Gasteiger partial charge in [0.2, 0.25) is 0 Å². The van der Waals surface area contributed by atoms with Crippen molar-refractivity contribution >= 4 is 5.78 Å². The molecular formula is C23H42O3. The summed E-state index contributed by atoms with van der Waals surface area (Å²) in [5.74, 6) is 2.03. The van der Waals surface area contributed by atoms with Gasteiger partial charge in [0.1, 0.15) is 5.78 Å². The molecule has 0 heterocycles. The van der Waals surface area contributed by atoms with Crippen LogP contribution in [0.5, 0.6) is 0 Å². The Morgan fingerprint density at radius 1 is 1.04 bits per heavy atom. The molecule has 26 heavy (non-hydrogen) atoms. The molecule has 0 aromatic heterocycles. The van der Waals surface area contributed by atoms with Gasteiger partial charge < -0.3 is 10.2 Å². The summed E-state index contributed by atoms with van der Waals surface area (Å²) in [5.41, 5.74) is -1.01. The number of Topliss-reactive ketones (excluding diaryl/α,β-unsaturated/α-hetero) is 1. The zero-order valence-electron chi connectivity index (χ0n) is 17.8. The number of ketones is 1. The Kier molecular flexibility index (Phi) is 6.99. The van der Waals surface area contributed by atoms with Crippen molar-refractivity contribution in [2.24, 2.45) is 23.2 Å². The van der Waals surface area contributed by atoms with E-state index in [1.54, 1.807) is 0 Å². The Hall–Kier alpha value is -0.410. The lowest BCUT2D eigenvalue weighted by Crippen LogP contribution is -2.40. The summed E-state index contributed by atoms with van der Waals surface area (Å²) in [6.45, 7) is 9.95. The Bertz CT molecular complexity index is 451. The van der Waals surface area contributed by atoms with Gasteiger partial charge in [-0.1, -0.05) is 32.6 Å². The van der Waals surface area contributed by atoms with Gasteiger partial charge in [0, 0.05) is 12.3 Å². The van der Waals surface area contributed by atoms with Gasteiger partial charge in [-0.25, -0.2) is 0 Å². The van der Waals surface area contributed by atoms with E-state index in [0.717, 1.165) is 57.8 Å². The van der Waals surface area contributed by atoms with Gasteiger partial charge in [-0.3, -0.25) is 4.79 Å². The van der Waals surface area contributed by atoms with Gasteiger partial charge in [-0.05, 0) is 83.5 Å². The first-order chi connectivity index (χ1) is 11.9. The second-order valence-electron chi connectivity index (χ2n) is 10.7. The van der Waals surface area contributed by atoms with Crippen LogP contribution in [0.3, 0.4) is 0 Å². The van der Waals surface area contributed by atoms with Crippen LogP contribution in [0.1, 0.15) is 105 Å². The molecule has 2 N–H and O–H groups in total. The van der Waals surface area contributed by atoms with Crippen LogP contribution >= 0.6 is 0 Å². The summed E-state index contributed by atoms with van der Waals surface area (Å²) in [4.78, 5) is 12.5. The fourth-order valence-electron chi connectivity index (χ4n) is 5.88. The number of rotatable bonds is 9. The molecule has 0 spiro atoms. The Morgan fingerprint density at radius 2 is 1.58 bits per heavy atom. The molecule has 2 saturated carbocycles. The number of hydrogen-bond acceptors (Lipinski definition) is 3. The lowest BCUT2D eigenvalue weighted by molar-refractivity contribution is -0.130. The number of carbonyl (C=O) groups excluding carboxylic acids is 1. The predicted octanol–water partition coefficient (Wildman–Crippen LogP) is 5.27. The van der Waals surface area contributed by atoms with Crippen LogP contribution in [-0.4, -0.2) is 27.2 Å². The van der Waals surface area contributed by atoms with Crippen molar-refractivity contribution in [2.45, 2.75) is 116 Å². The lowest BCUT2D eigenvalue weighted by atomic mass is 9.61. The first-order valence-electron chi connectivity index (χ1n) is 10.9. The smallest absolute Gasteiger partial charge is 0.136 e. The van der Waals surface area contributed by atoms with Crippen molar-refractivity contribution in [1.29, 1.82) is 0 Å². The average molecular weight is 367 g/mol. The summed E-state index contributed by atoms with van der Waals surface area (Å²) in [6, 6.07) is 0. The van der Waals surface area contributed by atoms with E-state index < -0.39 is 11.2 Å². The minimum absolute atomic E-state index is 0.184. The SMILES string of the molecule is CC(C)(O)CCCC(CCCC(C)(C)O)C1CCC2C(=O)CCCC21C. The van der Waals surface area contributed by atoms with Crippen LogP contribution in [0.2, 0.25) is 0 Å². The topological polar surface area (TPSA) is 57.5 Å². The molecule has 0 radical (unpaired) electrons. The predicted molar refractivity (Wildman–Crippen MR) is 107 cm³/mol. The van der Waals surface area contributed by atoms with Crippen molar-refractivity contribution in [3.05, 3.63) is 0 Å². The highest BCUT2D eigenvalue weighted by Gasteiger charge is 2.52. The standard InChI is InChI=1S/C23H42O3/c1-21(2,25)14-6-9-17(10-7-15-22(3,4)26)18-12-13-19-20(24)11-8-16-23(18,19)5/h17-19,25-26H,6-16H2,1-5H3. The number of carbonyl (C=O) groups is 1. The molecule has 2 aliphatic rings. The summed E-state index contributed by atoms with van der Waals surface area (Å²) in [5, 5.41) is 20.1. The van der Waals surface area contributed by atoms with Gasteiger partial charge >= 0.3 is 0 Å². The van der Waals surface area contributed by atoms with Gasteiger partial charge in [0.15, 0.2) is 0 Å². The summed E-state index contributed by atoms with van der Waals surface area (Å²) < 4.78 is 0. The van der Waals surface area contributed by atoms with E-state index >= 15 is 0 Å². The molecule has 3 heteroatoms. The number of aliphatic hydroxyl groups is 2. The summed E-state index contributed by atoms with van der Waals surface area (Å²) in [7, 11) is 0. The van der Waals surface area contributed by atoms with E-state index in [-0.39, 0.29) is 11.3 Å². The Morgan fingerprint density at radius 3 is 2.08 bits per heavy atom. The maximum atomic E-state index is 12.5. The minimum atomic E-state index is -0.597. The van der Waals surface area contributed by atoms with E-state index in [9.17, 15) is 15.0 Å². The average Bonchev–Trinajstić information content (AvgIpc) is 2.81. The fourth-order valence-corrected chi connectivity index (χ4v) is 5.88. The molecule has 3 unspecified atom stereocenters. The van der Waals surface area contributed by atoms with Crippen molar-refractivity contribution in [3.8, 4) is 0 Å². The van der Waals surface area contributed by atoms with Gasteiger partial charge in [-0.2, -0.15) is 0 Å². The molecule has 152 valence electrons. The maximum Gasteiger partial charge on any atom is 0.136 e. The fraction of sp³-hybridized carbons (Fsp3) is 0.957. The van der Waals surface area contributed by atoms with Gasteiger partial charge in [-0.15, -0.1) is 0 Å². The van der Waals surface area contributed by atoms with Crippen LogP contribution in [0.25, 0.3) is 0 Å². The molecule has 0 aliphatic heterocycles. The van der Waals surface area contributed by atoms with Crippen LogP contribution in [-0.2, 0) is 4.79 Å². The molecule has 0 aromatic carbocycles. The molecular weight excluding hydrogens is 324 g/mol. The van der Waals surface area contributed by atoms with E-state index in [1.807, 2.05) is 27.7 Å². The van der Waals surface area contributed by atoms with Crippen LogP contribution in [0, 0.1) is 23.2 Å². The molecule has 3 nitrogen and oxygen atoms in total. The number of hydrogen-bond donors (Lipinski definition) is 2. The largest absolute Gasteiger partial charge is 0.390 e. The first-order valence-corrected chi connectivity index (χ1v) is 10.9. The maximum absolute atomic E-state index is 12.5. The van der Waals surface area contributed by atoms with Crippen LogP contribution in [0.4, 0.5) is 0 Å². The van der Waals surface area contributed by atoms with Crippen molar-refractivity contribution in [2.75, 3.05) is 0 Å². The molecule has 0 amide bonds. The first kappa shape index (κ1) is 21.9. The highest BCUT2D eigenvalue weighted by atomic mass is 16.3. The van der Waals surface area contributed by atoms with Gasteiger partial charge in [0.05, 0.1) is 11.2 Å². The zero-order valence-corrected chi connectivity index (χ0v) is 17.8. The quantitative estimate of drug-likeness (QED) is 0.584. The second-order valence-corrected chi connectivity index (χ2v) is 10.7. The van der Waals surface area contributed by atoms with E-state index in [1.165, 1.54) is 12.8 Å². The monoisotopic (exact) mass is 366 g/mol. The summed E-state index contributed by atoms with van der Waals surface area (Å²) in [6.07, 6.45) is 11.3. The molecule has 3 atom stereocenters. The van der Waals surface area contributed by atoms with E-state index in [0.29, 0.717) is 17.6 Å². The third-order valence-corrected chi connectivity index (χ3v) is 7.23. The molecule has 2 aliphatic carbocycles. The normalized spacial score (nSPS) is 30.1. The minimum Gasteiger partial charge on any atom is -0.390 e. The number of fused-ring (bicyclic) bond motifs is 1. The van der Waals surface area contributed by atoms with Crippen LogP contribution in [0.15, 0.2) is 0 Å². The highest BCUT2D eigenvalue weighted by Crippen LogP contribution is 2.58. The zero-order chi connectivity index (χ0) is 19.6.